The number of nitrogens with zero attached hydrogens (tertiary/aromatic N) is 1. The van der Waals surface area contributed by atoms with Crippen LogP contribution in [0.1, 0.15) is 32.1 Å². The minimum absolute atomic E-state index is 0.203. The van der Waals surface area contributed by atoms with Crippen molar-refractivity contribution in [3.05, 3.63) is 0 Å². The Labute approximate surface area is 85.1 Å². The van der Waals surface area contributed by atoms with Gasteiger partial charge in [0.15, 0.2) is 0 Å². The van der Waals surface area contributed by atoms with Crippen molar-refractivity contribution in [3.8, 4) is 12.3 Å². The highest BCUT2D eigenvalue weighted by Crippen LogP contribution is 2.19. The van der Waals surface area contributed by atoms with Crippen LogP contribution in [0.2, 0.25) is 0 Å². The second-order valence-electron chi connectivity index (χ2n) is 3.74. The van der Waals surface area contributed by atoms with E-state index >= 15 is 0 Å². The molecule has 1 aliphatic heterocycles. The summed E-state index contributed by atoms with van der Waals surface area (Å²) in [4.78, 5) is 12.8. The Morgan fingerprint density at radius 3 is 3.00 bits per heavy atom. The van der Waals surface area contributed by atoms with Gasteiger partial charge in [-0.05, 0) is 19.4 Å². The Hall–Kier alpha value is -1.01. The summed E-state index contributed by atoms with van der Waals surface area (Å²) in [5, 5.41) is 8.74. The molecule has 14 heavy (non-hydrogen) atoms. The lowest BCUT2D eigenvalue weighted by Gasteiger charge is -2.34. The lowest BCUT2D eigenvalue weighted by molar-refractivity contribution is -0.138. The number of hydrogen-bond acceptors (Lipinski definition) is 2. The molecule has 1 heterocycles. The molecule has 1 rings (SSSR count). The molecule has 0 aromatic rings. The molecule has 0 aromatic carbocycles. The van der Waals surface area contributed by atoms with E-state index in [4.69, 9.17) is 11.5 Å². The second-order valence-corrected chi connectivity index (χ2v) is 3.74. The van der Waals surface area contributed by atoms with Crippen LogP contribution in [0, 0.1) is 12.3 Å². The molecule has 1 N–H and O–H groups in total. The van der Waals surface area contributed by atoms with E-state index in [0.29, 0.717) is 0 Å². The Bertz CT molecular complexity index is 232. The van der Waals surface area contributed by atoms with E-state index in [1.54, 1.807) is 0 Å². The van der Waals surface area contributed by atoms with Gasteiger partial charge in [-0.1, -0.05) is 6.42 Å². The summed E-state index contributed by atoms with van der Waals surface area (Å²) in [5.74, 6) is 1.89. The summed E-state index contributed by atoms with van der Waals surface area (Å²) in [7, 11) is 0. The van der Waals surface area contributed by atoms with Crippen LogP contribution in [0.3, 0.4) is 0 Å². The molecule has 0 spiro atoms. The zero-order valence-corrected chi connectivity index (χ0v) is 8.41. The zero-order chi connectivity index (χ0) is 10.4. The highest BCUT2D eigenvalue weighted by atomic mass is 16.4. The summed E-state index contributed by atoms with van der Waals surface area (Å²) in [6.07, 6.45) is 9.48. The van der Waals surface area contributed by atoms with E-state index in [1.165, 1.54) is 6.42 Å². The van der Waals surface area contributed by atoms with Gasteiger partial charge in [0.2, 0.25) is 0 Å². The molecular formula is C11H17NO2. The molecule has 0 radical (unpaired) electrons. The maximum atomic E-state index is 10.6. The van der Waals surface area contributed by atoms with Gasteiger partial charge in [-0.2, -0.15) is 0 Å². The molecule has 1 saturated heterocycles. The molecular weight excluding hydrogens is 178 g/mol. The summed E-state index contributed by atoms with van der Waals surface area (Å²) >= 11 is 0. The van der Waals surface area contributed by atoms with Gasteiger partial charge in [0.1, 0.15) is 0 Å². The van der Waals surface area contributed by atoms with Crippen molar-refractivity contribution >= 4 is 5.97 Å². The molecule has 1 fully saturated rings. The highest BCUT2D eigenvalue weighted by molar-refractivity contribution is 5.67. The van der Waals surface area contributed by atoms with Gasteiger partial charge in [0.05, 0.1) is 6.42 Å². The van der Waals surface area contributed by atoms with Crippen LogP contribution < -0.4 is 0 Å². The van der Waals surface area contributed by atoms with Gasteiger partial charge in [-0.15, -0.1) is 12.3 Å². The van der Waals surface area contributed by atoms with Gasteiger partial charge in [0.25, 0.3) is 0 Å². The first-order valence-corrected chi connectivity index (χ1v) is 5.13. The number of carboxylic acid groups (broad SMARTS) is 1. The van der Waals surface area contributed by atoms with E-state index in [-0.39, 0.29) is 12.5 Å². The molecule has 0 amide bonds. The van der Waals surface area contributed by atoms with Crippen LogP contribution in [-0.4, -0.2) is 35.1 Å². The van der Waals surface area contributed by atoms with Crippen LogP contribution in [0.25, 0.3) is 0 Å². The fourth-order valence-corrected chi connectivity index (χ4v) is 2.00. The van der Waals surface area contributed by atoms with Crippen molar-refractivity contribution in [1.82, 2.24) is 4.90 Å². The zero-order valence-electron chi connectivity index (χ0n) is 8.41. The van der Waals surface area contributed by atoms with Crippen molar-refractivity contribution in [2.45, 2.75) is 38.1 Å². The van der Waals surface area contributed by atoms with Crippen molar-refractivity contribution < 1.29 is 9.90 Å². The molecule has 78 valence electrons. The lowest BCUT2D eigenvalue weighted by Crippen LogP contribution is -2.41. The van der Waals surface area contributed by atoms with Crippen molar-refractivity contribution in [1.29, 1.82) is 0 Å². The van der Waals surface area contributed by atoms with E-state index in [9.17, 15) is 4.79 Å². The Balaban J connectivity index is 2.42. The Morgan fingerprint density at radius 1 is 1.57 bits per heavy atom. The van der Waals surface area contributed by atoms with Crippen LogP contribution in [-0.2, 0) is 4.79 Å². The maximum absolute atomic E-state index is 10.6. The number of hydrogen-bond donors (Lipinski definition) is 1. The Kier molecular flexibility index (Phi) is 4.48. The van der Waals surface area contributed by atoms with Gasteiger partial charge < -0.3 is 5.11 Å². The van der Waals surface area contributed by atoms with E-state index in [0.717, 1.165) is 32.4 Å². The molecule has 1 atom stereocenters. The molecule has 1 aliphatic rings. The normalized spacial score (nSPS) is 22.9. The number of carbonyl (C=O) groups is 1. The summed E-state index contributed by atoms with van der Waals surface area (Å²) in [6, 6.07) is 0.203. The van der Waals surface area contributed by atoms with E-state index in [1.807, 2.05) is 0 Å². The second kappa shape index (κ2) is 5.66. The number of rotatable bonds is 4. The minimum Gasteiger partial charge on any atom is -0.481 e. The quantitative estimate of drug-likeness (QED) is 0.688. The van der Waals surface area contributed by atoms with Crippen molar-refractivity contribution in [2.75, 3.05) is 13.1 Å². The smallest absolute Gasteiger partial charge is 0.304 e. The number of carboxylic acids is 1. The van der Waals surface area contributed by atoms with E-state index in [2.05, 4.69) is 10.8 Å². The SMILES string of the molecule is C#CCCN1CCCCC1CC(=O)O. The fourth-order valence-electron chi connectivity index (χ4n) is 2.00. The molecule has 0 aliphatic carbocycles. The highest BCUT2D eigenvalue weighted by Gasteiger charge is 2.23. The third-order valence-corrected chi connectivity index (χ3v) is 2.70. The Morgan fingerprint density at radius 2 is 2.36 bits per heavy atom. The monoisotopic (exact) mass is 195 g/mol. The standard InChI is InChI=1S/C11H17NO2/c1-2-3-7-12-8-5-4-6-10(12)9-11(13)14/h1,10H,3-9H2,(H,13,14). The van der Waals surface area contributed by atoms with Crippen molar-refractivity contribution in [2.24, 2.45) is 0 Å². The number of piperidine rings is 1. The topological polar surface area (TPSA) is 40.5 Å². The lowest BCUT2D eigenvalue weighted by atomic mass is 9.99. The average molecular weight is 195 g/mol. The van der Waals surface area contributed by atoms with Gasteiger partial charge >= 0.3 is 5.97 Å². The predicted molar refractivity (Wildman–Crippen MR) is 54.9 cm³/mol. The third kappa shape index (κ3) is 3.39. The summed E-state index contributed by atoms with van der Waals surface area (Å²) in [6.45, 7) is 1.84. The van der Waals surface area contributed by atoms with Gasteiger partial charge in [-0.3, -0.25) is 9.69 Å². The largest absolute Gasteiger partial charge is 0.481 e. The molecule has 0 saturated carbocycles. The summed E-state index contributed by atoms with van der Waals surface area (Å²) in [5.41, 5.74) is 0. The van der Waals surface area contributed by atoms with Crippen LogP contribution >= 0.6 is 0 Å². The summed E-state index contributed by atoms with van der Waals surface area (Å²) < 4.78 is 0. The molecule has 3 heteroatoms. The first-order valence-electron chi connectivity index (χ1n) is 5.13. The first-order chi connectivity index (χ1) is 6.74. The number of aliphatic carboxylic acids is 1. The fraction of sp³-hybridized carbons (Fsp3) is 0.727. The first kappa shape index (κ1) is 11.1. The maximum Gasteiger partial charge on any atom is 0.304 e. The van der Waals surface area contributed by atoms with E-state index < -0.39 is 5.97 Å². The van der Waals surface area contributed by atoms with Gasteiger partial charge in [0, 0.05) is 19.0 Å². The van der Waals surface area contributed by atoms with Crippen LogP contribution in [0.5, 0.6) is 0 Å². The number of likely N-dealkylation sites (tertiary alicyclic amines) is 1. The average Bonchev–Trinajstić information content (AvgIpc) is 2.16. The van der Waals surface area contributed by atoms with Crippen LogP contribution in [0.15, 0.2) is 0 Å². The molecule has 0 bridgehead atoms. The number of terminal acetylenes is 1. The van der Waals surface area contributed by atoms with Gasteiger partial charge in [-0.25, -0.2) is 0 Å². The molecule has 3 nitrogen and oxygen atoms in total. The predicted octanol–water partition coefficient (Wildman–Crippen LogP) is 1.34. The molecule has 0 aromatic heterocycles. The van der Waals surface area contributed by atoms with Crippen molar-refractivity contribution in [3.63, 3.8) is 0 Å². The minimum atomic E-state index is -0.706. The van der Waals surface area contributed by atoms with Crippen LogP contribution in [0.4, 0.5) is 0 Å². The molecule has 1 unspecified atom stereocenters. The third-order valence-electron chi connectivity index (χ3n) is 2.70.